The van der Waals surface area contributed by atoms with Crippen molar-refractivity contribution in [3.63, 3.8) is 0 Å². The minimum absolute atomic E-state index is 0. The molecule has 0 bridgehead atoms. The van der Waals surface area contributed by atoms with Crippen molar-refractivity contribution in [3.05, 3.63) is 0 Å². The number of aliphatic hydroxyl groups is 7. The molecule has 0 saturated heterocycles. The maximum absolute atomic E-state index is 8.09. The summed E-state index contributed by atoms with van der Waals surface area (Å²) >= 11 is 0. The van der Waals surface area contributed by atoms with Crippen molar-refractivity contribution in [2.75, 3.05) is 39.8 Å². The Kier molecular flexibility index (Phi) is 109. The van der Waals surface area contributed by atoms with Gasteiger partial charge >= 0.3 is 23.8 Å². The second kappa shape index (κ2) is 53.5. The van der Waals surface area contributed by atoms with Crippen molar-refractivity contribution < 1.29 is 148 Å². The normalized spacial score (nSPS) is 8.74. The van der Waals surface area contributed by atoms with Crippen LogP contribution in [0, 0.1) is 0 Å². The molecule has 0 radical (unpaired) electrons. The molecule has 0 spiro atoms. The minimum atomic E-state index is -3.97. The SMILES string of the molecule is CC[P+](O)(O)O.CO.CO.CO.OC(O)C[P+](O)(O)O.OC(O)C[P+](O)(O)O.OP.OP.[Zn].[Zn].[Zn]. The number of hydrogen-bond donors (Lipinski definition) is 18. The summed E-state index contributed by atoms with van der Waals surface area (Å²) in [6, 6.07) is 0. The van der Waals surface area contributed by atoms with Crippen LogP contribution in [0.25, 0.3) is 0 Å². The van der Waals surface area contributed by atoms with E-state index in [1.165, 1.54) is 25.9 Å². The van der Waals surface area contributed by atoms with Gasteiger partial charge in [0.1, 0.15) is 6.16 Å². The molecule has 18 N–H and O–H groups in total. The summed E-state index contributed by atoms with van der Waals surface area (Å²) in [5.41, 5.74) is 0. The van der Waals surface area contributed by atoms with E-state index >= 15 is 0 Å². The molecule has 35 heavy (non-hydrogen) atoms. The Balaban J connectivity index is -0.0000000225. The molecule has 0 amide bonds. The van der Waals surface area contributed by atoms with Crippen molar-refractivity contribution >= 4 is 42.8 Å². The summed E-state index contributed by atoms with van der Waals surface area (Å²) in [4.78, 5) is 86.5. The molecule has 0 aromatic heterocycles. The average Bonchev–Trinajstić information content (AvgIpc) is 2.66. The summed E-state index contributed by atoms with van der Waals surface area (Å²) in [5, 5.41) is 53.0. The summed E-state index contributed by atoms with van der Waals surface area (Å²) in [5.74, 6) is 0. The summed E-state index contributed by atoms with van der Waals surface area (Å²) in [6.07, 6.45) is -5.24. The first-order valence-electron chi connectivity index (χ1n) is 7.16. The molecule has 0 rings (SSSR count). The van der Waals surface area contributed by atoms with Gasteiger partial charge < -0.3 is 45.5 Å². The Bertz CT molecular complexity index is 264. The number of hydrogen-bond acceptors (Lipinski definition) is 18. The molecule has 26 heteroatoms. The van der Waals surface area contributed by atoms with Crippen LogP contribution in [-0.4, -0.2) is 142 Å². The molecule has 0 aliphatic heterocycles. The average molecular weight is 789 g/mol. The first kappa shape index (κ1) is 71.5. The van der Waals surface area contributed by atoms with E-state index in [1.54, 1.807) is 0 Å². The summed E-state index contributed by atoms with van der Waals surface area (Å²) < 4.78 is 0. The molecule has 214 valence electrons. The van der Waals surface area contributed by atoms with Gasteiger partial charge in [0, 0.05) is 79.8 Å². The van der Waals surface area contributed by atoms with Gasteiger partial charge in [-0.2, -0.15) is 44.0 Å². The molecule has 0 saturated carbocycles. The topological polar surface area (TPSA) is 364 Å². The van der Waals surface area contributed by atoms with Crippen LogP contribution < -0.4 is 0 Å². The number of rotatable bonds is 5. The summed E-state index contributed by atoms with van der Waals surface area (Å²) in [6.45, 7) is 1.51. The third-order valence-corrected chi connectivity index (χ3v) is 3.72. The van der Waals surface area contributed by atoms with Crippen LogP contribution in [0.3, 0.4) is 0 Å². The van der Waals surface area contributed by atoms with Gasteiger partial charge in [0.15, 0.2) is 24.9 Å². The molecule has 2 unspecified atom stereocenters. The molecule has 0 heterocycles. The molecular weight excluding hydrogens is 747 g/mol. The van der Waals surface area contributed by atoms with Crippen LogP contribution in [0.4, 0.5) is 0 Å². The van der Waals surface area contributed by atoms with Gasteiger partial charge in [-0.15, -0.1) is 0 Å². The zero-order valence-electron chi connectivity index (χ0n) is 19.9. The summed E-state index contributed by atoms with van der Waals surface area (Å²) in [7, 11) is -5.51. The van der Waals surface area contributed by atoms with Crippen LogP contribution in [-0.2, 0) is 58.4 Å². The van der Waals surface area contributed by atoms with Crippen LogP contribution in [0.5, 0.6) is 0 Å². The number of aliphatic hydroxyl groups excluding tert-OH is 5. The predicted octanol–water partition coefficient (Wildman–Crippen LogP) is -5.83. The van der Waals surface area contributed by atoms with E-state index in [9.17, 15) is 0 Å². The van der Waals surface area contributed by atoms with Gasteiger partial charge in [-0.05, 0) is 25.9 Å². The van der Waals surface area contributed by atoms with Gasteiger partial charge in [0.2, 0.25) is 0 Å². The fourth-order valence-electron chi connectivity index (χ4n) is 0.438. The smallest absolute Gasteiger partial charge is 0.400 e. The molecule has 0 aromatic rings. The third-order valence-electron chi connectivity index (χ3n) is 1.24. The van der Waals surface area contributed by atoms with Gasteiger partial charge in [-0.25, -0.2) is 0 Å². The van der Waals surface area contributed by atoms with Gasteiger partial charge in [-0.3, -0.25) is 0 Å². The monoisotopic (exact) mass is 785 g/mol. The minimum Gasteiger partial charge on any atom is -0.400 e. The fourth-order valence-corrected chi connectivity index (χ4v) is 1.31. The molecule has 18 nitrogen and oxygen atoms in total. The first-order chi connectivity index (χ1) is 14.4. The zero-order chi connectivity index (χ0) is 28.8. The van der Waals surface area contributed by atoms with Crippen molar-refractivity contribution in [3.8, 4) is 0 Å². The third kappa shape index (κ3) is 175. The van der Waals surface area contributed by atoms with E-state index < -0.39 is 48.7 Å². The standard InChI is InChI=1S/2C2H8O5P.C2H8O3P.3CH4O.2H3OP.3Zn/c2*3-2(4)1-8(5,6)7;1-2-6(3,4)5;5*1-2;;;/h2*2-7H,1H2;3-5H,2H2,1H3;3*2H,1H3;2*1H,2H2;;;/q3*+1;;;;;;;;. The van der Waals surface area contributed by atoms with Crippen molar-refractivity contribution in [2.24, 2.45) is 0 Å². The Morgan fingerprint density at radius 1 is 0.457 bits per heavy atom. The van der Waals surface area contributed by atoms with Gasteiger partial charge in [0.25, 0.3) is 0 Å². The molecule has 0 aliphatic carbocycles. The van der Waals surface area contributed by atoms with Crippen LogP contribution in [0.15, 0.2) is 0 Å². The first-order valence-corrected chi connectivity index (χ1v) is 13.7. The van der Waals surface area contributed by atoms with E-state index in [-0.39, 0.29) is 64.6 Å². The maximum Gasteiger partial charge on any atom is 0.409 e. The van der Waals surface area contributed by atoms with Crippen molar-refractivity contribution in [1.29, 1.82) is 0 Å². The quantitative estimate of drug-likeness (QED) is 0.0700. The Hall–Kier alpha value is 3.30. The van der Waals surface area contributed by atoms with Crippen LogP contribution in [0.2, 0.25) is 0 Å². The second-order valence-electron chi connectivity index (χ2n) is 3.72. The van der Waals surface area contributed by atoms with E-state index in [0.29, 0.717) is 0 Å². The predicted molar refractivity (Wildman–Crippen MR) is 126 cm³/mol. The molecule has 2 atom stereocenters. The van der Waals surface area contributed by atoms with E-state index in [2.05, 4.69) is 0 Å². The Morgan fingerprint density at radius 2 is 0.571 bits per heavy atom. The van der Waals surface area contributed by atoms with Crippen LogP contribution in [0.1, 0.15) is 6.92 Å². The van der Waals surface area contributed by atoms with Gasteiger partial charge in [-0.1, -0.05) is 0 Å². The van der Waals surface area contributed by atoms with E-state index in [4.69, 9.17) is 89.6 Å². The van der Waals surface area contributed by atoms with Gasteiger partial charge in [0.05, 0.1) is 0 Å². The fraction of sp³-hybridized carbons (Fsp3) is 1.00. The van der Waals surface area contributed by atoms with Crippen molar-refractivity contribution in [1.82, 2.24) is 0 Å². The molecule has 0 aromatic carbocycles. The largest absolute Gasteiger partial charge is 0.409 e. The van der Waals surface area contributed by atoms with Crippen LogP contribution >= 0.6 is 42.8 Å². The second-order valence-corrected chi connectivity index (χ2v) is 9.24. The molecule has 0 fully saturated rings. The maximum atomic E-state index is 8.09. The zero-order valence-corrected chi connectivity index (χ0v) is 33.8. The van der Waals surface area contributed by atoms with Crippen molar-refractivity contribution in [2.45, 2.75) is 19.5 Å². The molecule has 0 aliphatic rings. The molecular formula is C9H42O18P5Zn3+3. The van der Waals surface area contributed by atoms with E-state index in [0.717, 1.165) is 21.3 Å². The Labute approximate surface area is 249 Å². The van der Waals surface area contributed by atoms with E-state index in [1.807, 2.05) is 0 Å². The Morgan fingerprint density at radius 3 is 0.571 bits per heavy atom.